The summed E-state index contributed by atoms with van der Waals surface area (Å²) in [6.45, 7) is 1.86. The van der Waals surface area contributed by atoms with Crippen LogP contribution in [0.15, 0.2) is 42.6 Å². The van der Waals surface area contributed by atoms with Gasteiger partial charge in [-0.15, -0.1) is 0 Å². The van der Waals surface area contributed by atoms with Crippen LogP contribution < -0.4 is 0 Å². The summed E-state index contributed by atoms with van der Waals surface area (Å²) >= 11 is 0. The maximum atomic E-state index is 11.9. The molecule has 0 fully saturated rings. The standard InChI is InChI=1S/C17H15NO2/c1-17(16(19)20)9-13-10-5-2-3-6-11(10)14(17)15-12(13)7-4-8-18-15/h2-8,13-14H,9H2,1H3,(H,19,20). The van der Waals surface area contributed by atoms with E-state index in [4.69, 9.17) is 0 Å². The Balaban J connectivity index is 2.05. The van der Waals surface area contributed by atoms with E-state index in [-0.39, 0.29) is 11.8 Å². The van der Waals surface area contributed by atoms with Crippen LogP contribution in [-0.2, 0) is 4.79 Å². The summed E-state index contributed by atoms with van der Waals surface area (Å²) in [6, 6.07) is 12.3. The highest BCUT2D eigenvalue weighted by atomic mass is 16.4. The molecule has 0 radical (unpaired) electrons. The van der Waals surface area contributed by atoms with Crippen LogP contribution in [0.5, 0.6) is 0 Å². The Kier molecular flexibility index (Phi) is 2.15. The predicted octanol–water partition coefficient (Wildman–Crippen LogP) is 3.15. The smallest absolute Gasteiger partial charge is 0.310 e. The highest BCUT2D eigenvalue weighted by Crippen LogP contribution is 2.60. The van der Waals surface area contributed by atoms with Crippen molar-refractivity contribution in [3.8, 4) is 0 Å². The summed E-state index contributed by atoms with van der Waals surface area (Å²) in [5.41, 5.74) is 3.80. The number of carboxylic acid groups (broad SMARTS) is 1. The van der Waals surface area contributed by atoms with Crippen LogP contribution >= 0.6 is 0 Å². The maximum Gasteiger partial charge on any atom is 0.310 e. The summed E-state index contributed by atoms with van der Waals surface area (Å²) < 4.78 is 0. The molecular formula is C17H15NO2. The van der Waals surface area contributed by atoms with Gasteiger partial charge in [0.1, 0.15) is 0 Å². The molecule has 100 valence electrons. The number of hydrogen-bond acceptors (Lipinski definition) is 2. The number of nitrogens with zero attached hydrogens (tertiary/aromatic N) is 1. The van der Waals surface area contributed by atoms with Gasteiger partial charge in [-0.05, 0) is 36.1 Å². The minimum Gasteiger partial charge on any atom is -0.481 e. The van der Waals surface area contributed by atoms with Crippen LogP contribution in [0.25, 0.3) is 0 Å². The van der Waals surface area contributed by atoms with Crippen molar-refractivity contribution in [1.82, 2.24) is 4.98 Å². The van der Waals surface area contributed by atoms with Gasteiger partial charge in [0.2, 0.25) is 0 Å². The Morgan fingerprint density at radius 1 is 1.20 bits per heavy atom. The topological polar surface area (TPSA) is 50.2 Å². The minimum atomic E-state index is -0.764. The first-order valence-electron chi connectivity index (χ1n) is 6.90. The summed E-state index contributed by atoms with van der Waals surface area (Å²) in [6.07, 6.45) is 2.42. The van der Waals surface area contributed by atoms with Gasteiger partial charge in [-0.1, -0.05) is 30.3 Å². The van der Waals surface area contributed by atoms with Gasteiger partial charge >= 0.3 is 5.97 Å². The largest absolute Gasteiger partial charge is 0.481 e. The fourth-order valence-corrected chi connectivity index (χ4v) is 3.99. The van der Waals surface area contributed by atoms with Crippen molar-refractivity contribution >= 4 is 5.97 Å². The van der Waals surface area contributed by atoms with Gasteiger partial charge in [-0.25, -0.2) is 0 Å². The second-order valence-electron chi connectivity index (χ2n) is 6.02. The Morgan fingerprint density at radius 3 is 2.65 bits per heavy atom. The first kappa shape index (κ1) is 11.6. The number of pyridine rings is 1. The molecule has 2 bridgehead atoms. The highest BCUT2D eigenvalue weighted by Gasteiger charge is 2.54. The fraction of sp³-hybridized carbons (Fsp3) is 0.294. The Hall–Kier alpha value is -2.16. The molecule has 1 aromatic heterocycles. The molecule has 3 aliphatic carbocycles. The van der Waals surface area contributed by atoms with Gasteiger partial charge in [0.25, 0.3) is 0 Å². The molecular weight excluding hydrogens is 250 g/mol. The van der Waals surface area contributed by atoms with E-state index in [0.717, 1.165) is 11.3 Å². The van der Waals surface area contributed by atoms with Gasteiger partial charge in [-0.3, -0.25) is 9.78 Å². The van der Waals surface area contributed by atoms with Gasteiger partial charge in [-0.2, -0.15) is 0 Å². The Morgan fingerprint density at radius 2 is 1.90 bits per heavy atom. The molecule has 3 atom stereocenters. The normalized spacial score (nSPS) is 29.6. The molecule has 1 N–H and O–H groups in total. The minimum absolute atomic E-state index is 0.141. The van der Waals surface area contributed by atoms with Crippen molar-refractivity contribution < 1.29 is 9.90 Å². The lowest BCUT2D eigenvalue weighted by molar-refractivity contribution is -0.150. The second-order valence-corrected chi connectivity index (χ2v) is 6.02. The van der Waals surface area contributed by atoms with Crippen LogP contribution in [0.1, 0.15) is 47.6 Å². The van der Waals surface area contributed by atoms with Crippen molar-refractivity contribution in [2.24, 2.45) is 5.41 Å². The van der Waals surface area contributed by atoms with E-state index in [2.05, 4.69) is 23.2 Å². The number of carboxylic acids is 1. The quantitative estimate of drug-likeness (QED) is 0.861. The molecule has 0 saturated carbocycles. The van der Waals surface area contributed by atoms with Crippen molar-refractivity contribution in [2.75, 3.05) is 0 Å². The van der Waals surface area contributed by atoms with E-state index in [1.54, 1.807) is 6.20 Å². The number of rotatable bonds is 1. The molecule has 0 spiro atoms. The third-order valence-corrected chi connectivity index (χ3v) is 4.96. The lowest BCUT2D eigenvalue weighted by Gasteiger charge is -2.48. The molecule has 3 aliphatic rings. The molecule has 3 unspecified atom stereocenters. The molecule has 0 aliphatic heterocycles. The molecule has 1 heterocycles. The maximum absolute atomic E-state index is 11.9. The number of aromatic nitrogens is 1. The zero-order valence-electron chi connectivity index (χ0n) is 11.2. The fourth-order valence-electron chi connectivity index (χ4n) is 3.99. The molecule has 0 amide bonds. The monoisotopic (exact) mass is 265 g/mol. The zero-order chi connectivity index (χ0) is 13.9. The van der Waals surface area contributed by atoms with E-state index < -0.39 is 11.4 Å². The lowest BCUT2D eigenvalue weighted by atomic mass is 9.54. The first-order valence-corrected chi connectivity index (χ1v) is 6.90. The number of aliphatic carboxylic acids is 1. The van der Waals surface area contributed by atoms with E-state index in [9.17, 15) is 9.90 Å². The number of benzene rings is 1. The van der Waals surface area contributed by atoms with E-state index in [1.807, 2.05) is 25.1 Å². The van der Waals surface area contributed by atoms with Gasteiger partial charge < -0.3 is 5.11 Å². The Labute approximate surface area is 117 Å². The number of hydrogen-bond donors (Lipinski definition) is 1. The number of fused-ring (bicyclic) bond motifs is 1. The van der Waals surface area contributed by atoms with Crippen LogP contribution in [0.2, 0.25) is 0 Å². The van der Waals surface area contributed by atoms with E-state index in [0.29, 0.717) is 6.42 Å². The van der Waals surface area contributed by atoms with Crippen molar-refractivity contribution in [3.63, 3.8) is 0 Å². The third-order valence-electron chi connectivity index (χ3n) is 4.96. The number of carbonyl (C=O) groups is 1. The van der Waals surface area contributed by atoms with Gasteiger partial charge in [0, 0.05) is 18.0 Å². The predicted molar refractivity (Wildman–Crippen MR) is 74.7 cm³/mol. The summed E-state index contributed by atoms with van der Waals surface area (Å²) in [7, 11) is 0. The second kappa shape index (κ2) is 3.69. The van der Waals surface area contributed by atoms with Crippen LogP contribution in [0.3, 0.4) is 0 Å². The lowest BCUT2D eigenvalue weighted by Crippen LogP contribution is -2.45. The summed E-state index contributed by atoms with van der Waals surface area (Å²) in [5.74, 6) is -0.711. The zero-order valence-corrected chi connectivity index (χ0v) is 11.2. The van der Waals surface area contributed by atoms with Crippen LogP contribution in [0.4, 0.5) is 0 Å². The van der Waals surface area contributed by atoms with E-state index in [1.165, 1.54) is 11.1 Å². The average Bonchev–Trinajstić information content (AvgIpc) is 2.47. The highest BCUT2D eigenvalue weighted by molar-refractivity contribution is 5.79. The van der Waals surface area contributed by atoms with Gasteiger partial charge in [0.15, 0.2) is 0 Å². The van der Waals surface area contributed by atoms with Crippen LogP contribution in [-0.4, -0.2) is 16.1 Å². The van der Waals surface area contributed by atoms with Gasteiger partial charge in [0.05, 0.1) is 11.1 Å². The summed E-state index contributed by atoms with van der Waals surface area (Å²) in [4.78, 5) is 16.4. The molecule has 0 saturated heterocycles. The Bertz CT molecular complexity index is 677. The van der Waals surface area contributed by atoms with Crippen molar-refractivity contribution in [3.05, 3.63) is 65.0 Å². The van der Waals surface area contributed by atoms with E-state index >= 15 is 0 Å². The molecule has 5 rings (SSSR count). The summed E-state index contributed by atoms with van der Waals surface area (Å²) in [5, 5.41) is 9.74. The molecule has 3 nitrogen and oxygen atoms in total. The average molecular weight is 265 g/mol. The molecule has 1 aromatic carbocycles. The molecule has 3 heteroatoms. The molecule has 2 aromatic rings. The van der Waals surface area contributed by atoms with Crippen molar-refractivity contribution in [2.45, 2.75) is 25.2 Å². The first-order chi connectivity index (χ1) is 9.63. The molecule has 20 heavy (non-hydrogen) atoms. The van der Waals surface area contributed by atoms with Crippen molar-refractivity contribution in [1.29, 1.82) is 0 Å². The van der Waals surface area contributed by atoms with Crippen LogP contribution in [0, 0.1) is 5.41 Å². The third kappa shape index (κ3) is 1.25. The SMILES string of the molecule is CC1(C(=O)O)CC2c3ccccc3C1c1ncccc12.